The van der Waals surface area contributed by atoms with Crippen LogP contribution in [-0.4, -0.2) is 0 Å². The van der Waals surface area contributed by atoms with Crippen molar-refractivity contribution in [3.8, 4) is 0 Å². The third kappa shape index (κ3) is 3.83. The van der Waals surface area contributed by atoms with Crippen LogP contribution in [0.3, 0.4) is 0 Å². The number of hydrogen-bond donors (Lipinski definition) is 1. The fourth-order valence-corrected chi connectivity index (χ4v) is 2.53. The zero-order valence-corrected chi connectivity index (χ0v) is 12.1. The van der Waals surface area contributed by atoms with Crippen molar-refractivity contribution in [2.24, 2.45) is 5.73 Å². The van der Waals surface area contributed by atoms with Gasteiger partial charge in [-0.05, 0) is 47.9 Å². The van der Waals surface area contributed by atoms with Gasteiger partial charge < -0.3 is 5.73 Å². The molecule has 0 aliphatic carbocycles. The molecule has 0 spiro atoms. The summed E-state index contributed by atoms with van der Waals surface area (Å²) in [5.41, 5.74) is 7.33. The Morgan fingerprint density at radius 2 is 1.58 bits per heavy atom. The van der Waals surface area contributed by atoms with Crippen LogP contribution in [0.4, 0.5) is 4.39 Å². The molecule has 2 aromatic rings. The van der Waals surface area contributed by atoms with Gasteiger partial charge in [0.25, 0.3) is 0 Å². The van der Waals surface area contributed by atoms with Crippen molar-refractivity contribution in [3.63, 3.8) is 0 Å². The molecule has 1 unspecified atom stereocenters. The molecular weight excluding hydrogens is 308 g/mol. The van der Waals surface area contributed by atoms with E-state index in [1.807, 2.05) is 0 Å². The van der Waals surface area contributed by atoms with Gasteiger partial charge in [-0.15, -0.1) is 0 Å². The molecule has 1 atom stereocenters. The molecule has 1 nitrogen and oxygen atoms in total. The molecule has 5 heteroatoms. The maximum absolute atomic E-state index is 13.7. The molecule has 0 aliphatic heterocycles. The van der Waals surface area contributed by atoms with Crippen LogP contribution in [-0.2, 0) is 6.42 Å². The molecule has 0 aromatic heterocycles. The van der Waals surface area contributed by atoms with Gasteiger partial charge >= 0.3 is 0 Å². The van der Waals surface area contributed by atoms with Gasteiger partial charge in [-0.2, -0.15) is 0 Å². The summed E-state index contributed by atoms with van der Waals surface area (Å²) >= 11 is 17.5. The molecule has 0 saturated heterocycles. The minimum absolute atomic E-state index is 0.347. The summed E-state index contributed by atoms with van der Waals surface area (Å²) in [5.74, 6) is -0.365. The van der Waals surface area contributed by atoms with Gasteiger partial charge in [0.05, 0.1) is 0 Å². The van der Waals surface area contributed by atoms with E-state index in [0.29, 0.717) is 27.1 Å². The van der Waals surface area contributed by atoms with Crippen molar-refractivity contribution in [2.75, 3.05) is 0 Å². The molecule has 0 saturated carbocycles. The Bertz CT molecular complexity index is 581. The van der Waals surface area contributed by atoms with Gasteiger partial charge in [0, 0.05) is 21.1 Å². The van der Waals surface area contributed by atoms with Crippen LogP contribution < -0.4 is 5.73 Å². The molecule has 2 N–H and O–H groups in total. The zero-order valence-electron chi connectivity index (χ0n) is 9.84. The van der Waals surface area contributed by atoms with Crippen molar-refractivity contribution in [1.29, 1.82) is 0 Å². The molecule has 2 aromatic carbocycles. The normalized spacial score (nSPS) is 12.5. The van der Waals surface area contributed by atoms with Crippen molar-refractivity contribution < 1.29 is 4.39 Å². The van der Waals surface area contributed by atoms with E-state index < -0.39 is 0 Å². The summed E-state index contributed by atoms with van der Waals surface area (Å²) in [5, 5.41) is 1.38. The highest BCUT2D eigenvalue weighted by atomic mass is 35.5. The van der Waals surface area contributed by atoms with Gasteiger partial charge in [-0.3, -0.25) is 0 Å². The van der Waals surface area contributed by atoms with Gasteiger partial charge in [0.15, 0.2) is 0 Å². The SMILES string of the molecule is NC(Cc1ccc(Cl)cc1F)c1cc(Cl)cc(Cl)c1. The van der Waals surface area contributed by atoms with E-state index in [-0.39, 0.29) is 11.9 Å². The van der Waals surface area contributed by atoms with E-state index >= 15 is 0 Å². The van der Waals surface area contributed by atoms with Gasteiger partial charge in [-0.25, -0.2) is 4.39 Å². The summed E-state index contributed by atoms with van der Waals surface area (Å²) in [6, 6.07) is 9.24. The standard InChI is InChI=1S/C14H11Cl3FN/c15-10-2-1-8(13(18)7-10)5-14(19)9-3-11(16)6-12(17)4-9/h1-4,6-7,14H,5,19H2. The Balaban J connectivity index is 2.22. The summed E-state index contributed by atoms with van der Waals surface area (Å²) in [4.78, 5) is 0. The lowest BCUT2D eigenvalue weighted by atomic mass is 9.99. The highest BCUT2D eigenvalue weighted by Gasteiger charge is 2.12. The molecule has 19 heavy (non-hydrogen) atoms. The van der Waals surface area contributed by atoms with Crippen molar-refractivity contribution in [1.82, 2.24) is 0 Å². The largest absolute Gasteiger partial charge is 0.324 e. The first-order valence-corrected chi connectivity index (χ1v) is 6.74. The fraction of sp³-hybridized carbons (Fsp3) is 0.143. The van der Waals surface area contributed by atoms with E-state index in [0.717, 1.165) is 5.56 Å². The maximum Gasteiger partial charge on any atom is 0.127 e. The summed E-state index contributed by atoms with van der Waals surface area (Å²) in [6.07, 6.45) is 0.347. The highest BCUT2D eigenvalue weighted by molar-refractivity contribution is 6.34. The van der Waals surface area contributed by atoms with Crippen molar-refractivity contribution in [2.45, 2.75) is 12.5 Å². The molecule has 0 bridgehead atoms. The van der Waals surface area contributed by atoms with Crippen LogP contribution in [0.2, 0.25) is 15.1 Å². The Kier molecular flexibility index (Phi) is 4.69. The Morgan fingerprint density at radius 1 is 0.947 bits per heavy atom. The average Bonchev–Trinajstić information content (AvgIpc) is 2.31. The summed E-state index contributed by atoms with van der Waals surface area (Å²) in [6.45, 7) is 0. The van der Waals surface area contributed by atoms with Crippen LogP contribution in [0.1, 0.15) is 17.2 Å². The molecule has 0 fully saturated rings. The average molecular weight is 319 g/mol. The summed E-state index contributed by atoms with van der Waals surface area (Å²) in [7, 11) is 0. The lowest BCUT2D eigenvalue weighted by molar-refractivity contribution is 0.593. The monoisotopic (exact) mass is 317 g/mol. The van der Waals surface area contributed by atoms with Crippen LogP contribution in [0.5, 0.6) is 0 Å². The zero-order chi connectivity index (χ0) is 14.0. The first-order valence-electron chi connectivity index (χ1n) is 5.61. The van der Waals surface area contributed by atoms with E-state index in [4.69, 9.17) is 40.5 Å². The molecule has 0 radical (unpaired) electrons. The molecule has 100 valence electrons. The highest BCUT2D eigenvalue weighted by Crippen LogP contribution is 2.25. The van der Waals surface area contributed by atoms with Gasteiger partial charge in [0.2, 0.25) is 0 Å². The van der Waals surface area contributed by atoms with E-state index in [9.17, 15) is 4.39 Å². The maximum atomic E-state index is 13.7. The first-order chi connectivity index (χ1) is 8.95. The van der Waals surface area contributed by atoms with E-state index in [2.05, 4.69) is 0 Å². The van der Waals surface area contributed by atoms with E-state index in [1.54, 1.807) is 30.3 Å². The molecule has 0 aliphatic rings. The minimum Gasteiger partial charge on any atom is -0.324 e. The van der Waals surface area contributed by atoms with Crippen LogP contribution in [0, 0.1) is 5.82 Å². The van der Waals surface area contributed by atoms with Gasteiger partial charge in [-0.1, -0.05) is 40.9 Å². The van der Waals surface area contributed by atoms with Crippen molar-refractivity contribution >= 4 is 34.8 Å². The number of benzene rings is 2. The molecule has 2 rings (SSSR count). The summed E-state index contributed by atoms with van der Waals surface area (Å²) < 4.78 is 13.7. The third-order valence-electron chi connectivity index (χ3n) is 2.77. The van der Waals surface area contributed by atoms with Gasteiger partial charge in [0.1, 0.15) is 5.82 Å². The quantitative estimate of drug-likeness (QED) is 0.844. The first kappa shape index (κ1) is 14.6. The second kappa shape index (κ2) is 6.10. The lowest BCUT2D eigenvalue weighted by Gasteiger charge is -2.13. The second-order valence-electron chi connectivity index (χ2n) is 4.25. The number of rotatable bonds is 3. The predicted molar refractivity (Wildman–Crippen MR) is 78.5 cm³/mol. The number of nitrogens with two attached hydrogens (primary N) is 1. The Labute approximate surface area is 126 Å². The lowest BCUT2D eigenvalue weighted by Crippen LogP contribution is -2.14. The smallest absolute Gasteiger partial charge is 0.127 e. The minimum atomic E-state index is -0.383. The molecule has 0 heterocycles. The Morgan fingerprint density at radius 3 is 2.16 bits per heavy atom. The second-order valence-corrected chi connectivity index (χ2v) is 5.56. The fourth-order valence-electron chi connectivity index (χ4n) is 1.83. The predicted octanol–water partition coefficient (Wildman–Crippen LogP) is 5.03. The molecular formula is C14H11Cl3FN. The third-order valence-corrected chi connectivity index (χ3v) is 3.44. The number of halogens is 4. The topological polar surface area (TPSA) is 26.0 Å². The van der Waals surface area contributed by atoms with Crippen LogP contribution in [0.15, 0.2) is 36.4 Å². The molecule has 0 amide bonds. The van der Waals surface area contributed by atoms with E-state index in [1.165, 1.54) is 6.07 Å². The number of hydrogen-bond acceptors (Lipinski definition) is 1. The van der Waals surface area contributed by atoms with Crippen LogP contribution >= 0.6 is 34.8 Å². The van der Waals surface area contributed by atoms with Crippen molar-refractivity contribution in [3.05, 3.63) is 68.4 Å². The Hall–Kier alpha value is -0.800. The van der Waals surface area contributed by atoms with Crippen LogP contribution in [0.25, 0.3) is 0 Å².